The second-order valence-electron chi connectivity index (χ2n) is 4.32. The van der Waals surface area contributed by atoms with Crippen LogP contribution in [0.2, 0.25) is 0 Å². The summed E-state index contributed by atoms with van der Waals surface area (Å²) in [4.78, 5) is 24.1. The van der Waals surface area contributed by atoms with Gasteiger partial charge in [0, 0.05) is 12.6 Å². The summed E-state index contributed by atoms with van der Waals surface area (Å²) in [5, 5.41) is 0. The molecule has 4 heteroatoms. The lowest BCUT2D eigenvalue weighted by atomic mass is 10.0. The first kappa shape index (κ1) is 10.7. The van der Waals surface area contributed by atoms with Crippen LogP contribution in [0.5, 0.6) is 5.75 Å². The highest BCUT2D eigenvalue weighted by atomic mass is 16.5. The van der Waals surface area contributed by atoms with Gasteiger partial charge in [0.1, 0.15) is 12.0 Å². The summed E-state index contributed by atoms with van der Waals surface area (Å²) in [6.07, 6.45) is 0.748. The number of hydrogen-bond acceptors (Lipinski definition) is 3. The molecule has 0 aliphatic carbocycles. The zero-order valence-electron chi connectivity index (χ0n) is 9.48. The van der Waals surface area contributed by atoms with Gasteiger partial charge in [0.15, 0.2) is 5.60 Å². The van der Waals surface area contributed by atoms with Gasteiger partial charge in [0.2, 0.25) is 0 Å². The van der Waals surface area contributed by atoms with Crippen LogP contribution in [0.15, 0.2) is 18.2 Å². The number of amides is 1. The second kappa shape index (κ2) is 3.33. The van der Waals surface area contributed by atoms with Gasteiger partial charge in [-0.25, -0.2) is 0 Å². The minimum atomic E-state index is -0.857. The smallest absolute Gasteiger partial charge is 0.270 e. The minimum absolute atomic E-state index is 0.122. The predicted octanol–water partition coefficient (Wildman–Crippen LogP) is 1.63. The van der Waals surface area contributed by atoms with Crippen molar-refractivity contribution in [1.82, 2.24) is 0 Å². The Morgan fingerprint density at radius 2 is 2.06 bits per heavy atom. The van der Waals surface area contributed by atoms with E-state index in [4.69, 9.17) is 4.74 Å². The number of benzene rings is 1. The quantitative estimate of drug-likeness (QED) is 0.674. The lowest BCUT2D eigenvalue weighted by Crippen LogP contribution is -2.50. The molecule has 1 aliphatic heterocycles. The van der Waals surface area contributed by atoms with E-state index in [9.17, 15) is 9.59 Å². The van der Waals surface area contributed by atoms with Crippen LogP contribution in [0.3, 0.4) is 0 Å². The zero-order chi connectivity index (χ0) is 11.9. The van der Waals surface area contributed by atoms with Crippen LogP contribution >= 0.6 is 0 Å². The summed E-state index contributed by atoms with van der Waals surface area (Å²) < 4.78 is 5.59. The van der Waals surface area contributed by atoms with Crippen molar-refractivity contribution in [1.29, 1.82) is 0 Å². The molecule has 84 valence electrons. The molecule has 4 nitrogen and oxygen atoms in total. The van der Waals surface area contributed by atoms with Gasteiger partial charge >= 0.3 is 0 Å². The maximum absolute atomic E-state index is 11.9. The van der Waals surface area contributed by atoms with Crippen LogP contribution in [-0.4, -0.2) is 24.8 Å². The van der Waals surface area contributed by atoms with Crippen LogP contribution in [0.1, 0.15) is 24.2 Å². The predicted molar refractivity (Wildman–Crippen MR) is 59.9 cm³/mol. The molecular formula is C12H13NO3. The fraction of sp³-hybridized carbons (Fsp3) is 0.333. The number of anilines is 1. The maximum Gasteiger partial charge on any atom is 0.270 e. The fourth-order valence-electron chi connectivity index (χ4n) is 1.79. The number of nitrogens with zero attached hydrogens (tertiary/aromatic N) is 1. The first-order chi connectivity index (χ1) is 7.45. The molecule has 1 aromatic carbocycles. The number of carbonyl (C=O) groups excluding carboxylic acids is 2. The van der Waals surface area contributed by atoms with E-state index in [0.29, 0.717) is 17.0 Å². The topological polar surface area (TPSA) is 46.6 Å². The van der Waals surface area contributed by atoms with Crippen molar-refractivity contribution in [3.05, 3.63) is 23.8 Å². The first-order valence-corrected chi connectivity index (χ1v) is 5.02. The Kier molecular flexibility index (Phi) is 2.22. The SMILES string of the molecule is CN1C(=O)C(C)(C)Oc2ccc(C=O)cc21. The molecular weight excluding hydrogens is 206 g/mol. The standard InChI is InChI=1S/C12H13NO3/c1-12(2)11(15)13(3)9-6-8(7-14)4-5-10(9)16-12/h4-7H,1-3H3. The lowest BCUT2D eigenvalue weighted by Gasteiger charge is -2.36. The Bertz CT molecular complexity index is 465. The van der Waals surface area contributed by atoms with Crippen molar-refractivity contribution in [2.24, 2.45) is 0 Å². The molecule has 0 radical (unpaired) electrons. The van der Waals surface area contributed by atoms with Crippen molar-refractivity contribution in [2.45, 2.75) is 19.4 Å². The van der Waals surface area contributed by atoms with E-state index < -0.39 is 5.60 Å². The van der Waals surface area contributed by atoms with Crippen LogP contribution in [0.4, 0.5) is 5.69 Å². The molecule has 0 atom stereocenters. The summed E-state index contributed by atoms with van der Waals surface area (Å²) in [5.74, 6) is 0.501. The Labute approximate surface area is 93.8 Å². The van der Waals surface area contributed by atoms with Crippen molar-refractivity contribution in [3.63, 3.8) is 0 Å². The minimum Gasteiger partial charge on any atom is -0.476 e. The normalized spacial score (nSPS) is 17.7. The van der Waals surface area contributed by atoms with Crippen LogP contribution in [0, 0.1) is 0 Å². The molecule has 16 heavy (non-hydrogen) atoms. The van der Waals surface area contributed by atoms with E-state index in [0.717, 1.165) is 6.29 Å². The molecule has 1 aromatic rings. The molecule has 0 saturated carbocycles. The Hall–Kier alpha value is -1.84. The van der Waals surface area contributed by atoms with E-state index >= 15 is 0 Å². The number of hydrogen-bond donors (Lipinski definition) is 0. The van der Waals surface area contributed by atoms with Crippen molar-refractivity contribution in [2.75, 3.05) is 11.9 Å². The third kappa shape index (κ3) is 1.46. The summed E-state index contributed by atoms with van der Waals surface area (Å²) in [6.45, 7) is 3.45. The monoisotopic (exact) mass is 219 g/mol. The van der Waals surface area contributed by atoms with Crippen molar-refractivity contribution < 1.29 is 14.3 Å². The number of fused-ring (bicyclic) bond motifs is 1. The van der Waals surface area contributed by atoms with Gasteiger partial charge in [-0.3, -0.25) is 9.59 Å². The fourth-order valence-corrected chi connectivity index (χ4v) is 1.79. The molecule has 1 aliphatic rings. The molecule has 0 aromatic heterocycles. The van der Waals surface area contributed by atoms with E-state index in [2.05, 4.69) is 0 Å². The summed E-state index contributed by atoms with van der Waals surface area (Å²) in [6, 6.07) is 5.03. The summed E-state index contributed by atoms with van der Waals surface area (Å²) >= 11 is 0. The van der Waals surface area contributed by atoms with Gasteiger partial charge in [-0.1, -0.05) is 0 Å². The largest absolute Gasteiger partial charge is 0.476 e. The maximum atomic E-state index is 11.9. The zero-order valence-corrected chi connectivity index (χ0v) is 9.48. The van der Waals surface area contributed by atoms with Crippen LogP contribution in [-0.2, 0) is 4.79 Å². The molecule has 1 amide bonds. The van der Waals surface area contributed by atoms with Crippen molar-refractivity contribution >= 4 is 17.9 Å². The van der Waals surface area contributed by atoms with E-state index in [1.807, 2.05) is 0 Å². The highest BCUT2D eigenvalue weighted by Crippen LogP contribution is 2.37. The van der Waals surface area contributed by atoms with E-state index in [-0.39, 0.29) is 5.91 Å². The molecule has 0 unspecified atom stereocenters. The Morgan fingerprint density at radius 1 is 1.38 bits per heavy atom. The summed E-state index contributed by atoms with van der Waals surface area (Å²) in [7, 11) is 1.68. The average molecular weight is 219 g/mol. The molecule has 2 rings (SSSR count). The van der Waals surface area contributed by atoms with Crippen LogP contribution < -0.4 is 9.64 Å². The van der Waals surface area contributed by atoms with Gasteiger partial charge < -0.3 is 9.64 Å². The Morgan fingerprint density at radius 3 is 2.69 bits per heavy atom. The van der Waals surface area contributed by atoms with E-state index in [1.54, 1.807) is 39.1 Å². The van der Waals surface area contributed by atoms with Gasteiger partial charge in [-0.2, -0.15) is 0 Å². The molecule has 0 N–H and O–H groups in total. The highest BCUT2D eigenvalue weighted by molar-refractivity contribution is 6.02. The van der Waals surface area contributed by atoms with Crippen LogP contribution in [0.25, 0.3) is 0 Å². The molecule has 1 heterocycles. The van der Waals surface area contributed by atoms with Gasteiger partial charge in [-0.05, 0) is 32.0 Å². The molecule has 0 fully saturated rings. The van der Waals surface area contributed by atoms with Gasteiger partial charge in [-0.15, -0.1) is 0 Å². The lowest BCUT2D eigenvalue weighted by molar-refractivity contribution is -0.132. The Balaban J connectivity index is 2.55. The number of rotatable bonds is 1. The van der Waals surface area contributed by atoms with Gasteiger partial charge in [0.25, 0.3) is 5.91 Å². The average Bonchev–Trinajstić information content (AvgIpc) is 2.25. The third-order valence-electron chi connectivity index (χ3n) is 2.67. The molecule has 0 saturated heterocycles. The first-order valence-electron chi connectivity index (χ1n) is 5.02. The van der Waals surface area contributed by atoms with Crippen molar-refractivity contribution in [3.8, 4) is 5.75 Å². The number of carbonyl (C=O) groups is 2. The molecule has 0 spiro atoms. The van der Waals surface area contributed by atoms with Gasteiger partial charge in [0.05, 0.1) is 5.69 Å². The van der Waals surface area contributed by atoms with E-state index in [1.165, 1.54) is 4.90 Å². The number of ether oxygens (including phenoxy) is 1. The number of likely N-dealkylation sites (N-methyl/N-ethyl adjacent to an activating group) is 1. The molecule has 0 bridgehead atoms. The number of aldehydes is 1. The third-order valence-corrected chi connectivity index (χ3v) is 2.67. The second-order valence-corrected chi connectivity index (χ2v) is 4.32. The highest BCUT2D eigenvalue weighted by Gasteiger charge is 2.39. The summed E-state index contributed by atoms with van der Waals surface area (Å²) in [5.41, 5.74) is 0.306.